The van der Waals surface area contributed by atoms with Gasteiger partial charge in [0, 0.05) is 19.1 Å². The molecule has 2 fully saturated rings. The molecule has 5 heteroatoms. The fourth-order valence-corrected chi connectivity index (χ4v) is 3.42. The number of likely N-dealkylation sites (tertiary alicyclic amines) is 1. The van der Waals surface area contributed by atoms with Crippen molar-refractivity contribution in [3.05, 3.63) is 17.8 Å². The number of hydrogen-bond acceptors (Lipinski definition) is 4. The van der Waals surface area contributed by atoms with Gasteiger partial charge in [0.2, 0.25) is 0 Å². The molecule has 2 aliphatic rings. The molecule has 0 unspecified atom stereocenters. The molecule has 0 spiro atoms. The molecule has 3 rings (SSSR count). The summed E-state index contributed by atoms with van der Waals surface area (Å²) in [6, 6.07) is 4.21. The first-order chi connectivity index (χ1) is 10.8. The minimum Gasteiger partial charge on any atom is -0.366 e. The van der Waals surface area contributed by atoms with E-state index >= 15 is 0 Å². The van der Waals surface area contributed by atoms with Crippen molar-refractivity contribution in [1.29, 1.82) is 0 Å². The zero-order valence-corrected chi connectivity index (χ0v) is 13.3. The normalized spacial score (nSPS) is 20.5. The standard InChI is InChI=1S/C17H26N4O/c22-17(21-12-6-3-7-13-21)15-10-11-16(20-19-15)18-14-8-4-1-2-5-9-14/h10-11,14H,1-9,12-13H2,(H,18,20). The van der Waals surface area contributed by atoms with E-state index in [1.165, 1.54) is 44.9 Å². The summed E-state index contributed by atoms with van der Waals surface area (Å²) in [4.78, 5) is 14.2. The van der Waals surface area contributed by atoms with Crippen LogP contribution in [0.25, 0.3) is 0 Å². The Bertz CT molecular complexity index is 474. The van der Waals surface area contributed by atoms with Crippen molar-refractivity contribution in [2.75, 3.05) is 18.4 Å². The highest BCUT2D eigenvalue weighted by atomic mass is 16.2. The van der Waals surface area contributed by atoms with Gasteiger partial charge in [0.15, 0.2) is 5.69 Å². The minimum atomic E-state index is 0.0215. The van der Waals surface area contributed by atoms with Gasteiger partial charge in [-0.3, -0.25) is 4.79 Å². The van der Waals surface area contributed by atoms with Gasteiger partial charge in [-0.1, -0.05) is 25.7 Å². The molecule has 5 nitrogen and oxygen atoms in total. The Morgan fingerprint density at radius 2 is 1.64 bits per heavy atom. The smallest absolute Gasteiger partial charge is 0.274 e. The van der Waals surface area contributed by atoms with E-state index in [4.69, 9.17) is 0 Å². The molecular weight excluding hydrogens is 276 g/mol. The molecule has 0 atom stereocenters. The van der Waals surface area contributed by atoms with E-state index < -0.39 is 0 Å². The molecule has 1 aliphatic carbocycles. The summed E-state index contributed by atoms with van der Waals surface area (Å²) in [7, 11) is 0. The Morgan fingerprint density at radius 1 is 0.955 bits per heavy atom. The summed E-state index contributed by atoms with van der Waals surface area (Å²) in [5.74, 6) is 0.815. The lowest BCUT2D eigenvalue weighted by Crippen LogP contribution is -2.36. The lowest BCUT2D eigenvalue weighted by molar-refractivity contribution is 0.0717. The Morgan fingerprint density at radius 3 is 2.27 bits per heavy atom. The molecule has 0 radical (unpaired) electrons. The highest BCUT2D eigenvalue weighted by Crippen LogP contribution is 2.20. The van der Waals surface area contributed by atoms with E-state index in [-0.39, 0.29) is 5.91 Å². The number of anilines is 1. The lowest BCUT2D eigenvalue weighted by Gasteiger charge is -2.26. The van der Waals surface area contributed by atoms with Crippen LogP contribution in [0.5, 0.6) is 0 Å². The summed E-state index contributed by atoms with van der Waals surface area (Å²) < 4.78 is 0. The average Bonchev–Trinajstić information content (AvgIpc) is 2.84. The molecule has 2 heterocycles. The van der Waals surface area contributed by atoms with E-state index in [0.717, 1.165) is 31.7 Å². The van der Waals surface area contributed by atoms with Crippen molar-refractivity contribution in [2.45, 2.75) is 63.8 Å². The first kappa shape index (κ1) is 15.3. The number of amides is 1. The maximum absolute atomic E-state index is 12.3. The summed E-state index contributed by atoms with van der Waals surface area (Å²) in [6.45, 7) is 1.70. The summed E-state index contributed by atoms with van der Waals surface area (Å²) in [5, 5.41) is 11.8. The summed E-state index contributed by atoms with van der Waals surface area (Å²) in [6.07, 6.45) is 11.1. The average molecular weight is 302 g/mol. The Balaban J connectivity index is 1.58. The number of hydrogen-bond donors (Lipinski definition) is 1. The summed E-state index contributed by atoms with van der Waals surface area (Å²) in [5.41, 5.74) is 0.466. The van der Waals surface area contributed by atoms with Crippen molar-refractivity contribution < 1.29 is 4.79 Å². The number of nitrogens with zero attached hydrogens (tertiary/aromatic N) is 3. The van der Waals surface area contributed by atoms with Gasteiger partial charge >= 0.3 is 0 Å². The van der Waals surface area contributed by atoms with Gasteiger partial charge in [-0.05, 0) is 44.2 Å². The van der Waals surface area contributed by atoms with Crippen LogP contribution in [-0.2, 0) is 0 Å². The highest BCUT2D eigenvalue weighted by Gasteiger charge is 2.20. The monoisotopic (exact) mass is 302 g/mol. The van der Waals surface area contributed by atoms with Crippen LogP contribution in [0.3, 0.4) is 0 Å². The predicted octanol–water partition coefficient (Wildman–Crippen LogP) is 3.24. The Labute approximate surface area is 132 Å². The van der Waals surface area contributed by atoms with Gasteiger partial charge in [0.05, 0.1) is 0 Å². The molecule has 0 bridgehead atoms. The number of rotatable bonds is 3. The Hall–Kier alpha value is -1.65. The SMILES string of the molecule is O=C(c1ccc(NC2CCCCCC2)nn1)N1CCCCC1. The van der Waals surface area contributed by atoms with Crippen LogP contribution in [-0.4, -0.2) is 40.1 Å². The second kappa shape index (κ2) is 7.56. The fourth-order valence-electron chi connectivity index (χ4n) is 3.42. The van der Waals surface area contributed by atoms with Gasteiger partial charge in [0.1, 0.15) is 5.82 Å². The molecule has 1 amide bonds. The van der Waals surface area contributed by atoms with E-state index in [1.54, 1.807) is 0 Å². The number of piperidine rings is 1. The van der Waals surface area contributed by atoms with E-state index in [0.29, 0.717) is 11.7 Å². The number of aromatic nitrogens is 2. The fraction of sp³-hybridized carbons (Fsp3) is 0.706. The summed E-state index contributed by atoms with van der Waals surface area (Å²) >= 11 is 0. The van der Waals surface area contributed by atoms with E-state index in [1.807, 2.05) is 17.0 Å². The molecule has 1 saturated heterocycles. The molecule has 120 valence electrons. The van der Waals surface area contributed by atoms with Crippen LogP contribution in [0.15, 0.2) is 12.1 Å². The van der Waals surface area contributed by atoms with Crippen LogP contribution >= 0.6 is 0 Å². The Kier molecular flexibility index (Phi) is 5.24. The second-order valence-corrected chi connectivity index (χ2v) is 6.49. The van der Waals surface area contributed by atoms with Crippen molar-refractivity contribution in [3.8, 4) is 0 Å². The largest absolute Gasteiger partial charge is 0.366 e. The van der Waals surface area contributed by atoms with Gasteiger partial charge in [-0.2, -0.15) is 0 Å². The zero-order valence-electron chi connectivity index (χ0n) is 13.3. The van der Waals surface area contributed by atoms with Gasteiger partial charge in [-0.25, -0.2) is 0 Å². The van der Waals surface area contributed by atoms with Crippen molar-refractivity contribution >= 4 is 11.7 Å². The van der Waals surface area contributed by atoms with Gasteiger partial charge in [0.25, 0.3) is 5.91 Å². The van der Waals surface area contributed by atoms with E-state index in [2.05, 4.69) is 15.5 Å². The molecule has 1 aromatic heterocycles. The molecule has 22 heavy (non-hydrogen) atoms. The van der Waals surface area contributed by atoms with Crippen LogP contribution < -0.4 is 5.32 Å². The lowest BCUT2D eigenvalue weighted by atomic mass is 10.1. The van der Waals surface area contributed by atoms with Crippen LogP contribution in [0.1, 0.15) is 68.3 Å². The second-order valence-electron chi connectivity index (χ2n) is 6.49. The highest BCUT2D eigenvalue weighted by molar-refractivity contribution is 5.92. The first-order valence-corrected chi connectivity index (χ1v) is 8.72. The van der Waals surface area contributed by atoms with Gasteiger partial charge in [-0.15, -0.1) is 10.2 Å². The number of carbonyl (C=O) groups excluding carboxylic acids is 1. The third-order valence-corrected chi connectivity index (χ3v) is 4.73. The van der Waals surface area contributed by atoms with Crippen molar-refractivity contribution in [2.24, 2.45) is 0 Å². The third-order valence-electron chi connectivity index (χ3n) is 4.73. The zero-order chi connectivity index (χ0) is 15.2. The maximum Gasteiger partial charge on any atom is 0.274 e. The van der Waals surface area contributed by atoms with E-state index in [9.17, 15) is 4.79 Å². The number of nitrogens with one attached hydrogen (secondary N) is 1. The van der Waals surface area contributed by atoms with Crippen LogP contribution in [0.4, 0.5) is 5.82 Å². The molecular formula is C17H26N4O. The third kappa shape index (κ3) is 3.96. The molecule has 1 N–H and O–H groups in total. The molecule has 1 aromatic rings. The van der Waals surface area contributed by atoms with Crippen LogP contribution in [0.2, 0.25) is 0 Å². The van der Waals surface area contributed by atoms with Crippen LogP contribution in [0, 0.1) is 0 Å². The first-order valence-electron chi connectivity index (χ1n) is 8.72. The molecule has 1 saturated carbocycles. The van der Waals surface area contributed by atoms with Crippen molar-refractivity contribution in [3.63, 3.8) is 0 Å². The quantitative estimate of drug-likeness (QED) is 0.871. The number of carbonyl (C=O) groups is 1. The van der Waals surface area contributed by atoms with Gasteiger partial charge < -0.3 is 10.2 Å². The van der Waals surface area contributed by atoms with Crippen molar-refractivity contribution in [1.82, 2.24) is 15.1 Å². The topological polar surface area (TPSA) is 58.1 Å². The minimum absolute atomic E-state index is 0.0215. The molecule has 0 aromatic carbocycles. The maximum atomic E-state index is 12.3. The molecule has 1 aliphatic heterocycles. The predicted molar refractivity (Wildman–Crippen MR) is 86.9 cm³/mol.